The maximum absolute atomic E-state index is 12.0. The summed E-state index contributed by atoms with van der Waals surface area (Å²) in [6, 6.07) is 0.673. The summed E-state index contributed by atoms with van der Waals surface area (Å²) >= 11 is 0. The fraction of sp³-hybridized carbons (Fsp3) is 0.917. The fourth-order valence-electron chi connectivity index (χ4n) is 2.71. The first kappa shape index (κ1) is 11.7. The molecule has 1 saturated heterocycles. The summed E-state index contributed by atoms with van der Waals surface area (Å²) in [4.78, 5) is 13.8. The number of nitrogens with two attached hydrogens (primary N) is 1. The number of piperidine rings is 1. The van der Waals surface area contributed by atoms with Gasteiger partial charge in [-0.2, -0.15) is 0 Å². The van der Waals surface area contributed by atoms with Crippen molar-refractivity contribution in [2.75, 3.05) is 13.1 Å². The summed E-state index contributed by atoms with van der Waals surface area (Å²) < 4.78 is 0. The average Bonchev–Trinajstić information content (AvgIpc) is 2.30. The molecule has 2 rings (SSSR count). The molecule has 1 unspecified atom stereocenters. The number of hydrogen-bond donors (Lipinski definition) is 2. The first-order chi connectivity index (χ1) is 7.75. The number of likely N-dealkylation sites (tertiary alicyclic amines) is 1. The van der Waals surface area contributed by atoms with Crippen molar-refractivity contribution in [3.63, 3.8) is 0 Å². The summed E-state index contributed by atoms with van der Waals surface area (Å²) in [5.41, 5.74) is 5.87. The zero-order valence-corrected chi connectivity index (χ0v) is 9.95. The highest BCUT2D eigenvalue weighted by Gasteiger charge is 2.23. The minimum Gasteiger partial charge on any atom is -0.335 e. The van der Waals surface area contributed by atoms with Crippen LogP contribution in [-0.4, -0.2) is 36.1 Å². The van der Waals surface area contributed by atoms with E-state index >= 15 is 0 Å². The second kappa shape index (κ2) is 5.53. The molecule has 4 heteroatoms. The molecular weight excluding hydrogens is 202 g/mol. The molecule has 16 heavy (non-hydrogen) atoms. The molecule has 1 aliphatic heterocycles. The van der Waals surface area contributed by atoms with Gasteiger partial charge in [-0.25, -0.2) is 4.79 Å². The van der Waals surface area contributed by atoms with Gasteiger partial charge in [-0.3, -0.25) is 0 Å². The highest BCUT2D eigenvalue weighted by Crippen LogP contribution is 2.18. The van der Waals surface area contributed by atoms with Crippen molar-refractivity contribution in [3.8, 4) is 0 Å². The van der Waals surface area contributed by atoms with Crippen LogP contribution < -0.4 is 11.1 Å². The molecule has 3 N–H and O–H groups in total. The van der Waals surface area contributed by atoms with E-state index in [9.17, 15) is 4.79 Å². The molecule has 1 aliphatic carbocycles. The Morgan fingerprint density at radius 2 is 1.88 bits per heavy atom. The van der Waals surface area contributed by atoms with Crippen molar-refractivity contribution >= 4 is 6.03 Å². The largest absolute Gasteiger partial charge is 0.335 e. The van der Waals surface area contributed by atoms with Crippen molar-refractivity contribution in [2.45, 2.75) is 57.0 Å². The Bertz CT molecular complexity index is 238. The lowest BCUT2D eigenvalue weighted by Crippen LogP contribution is -2.51. The topological polar surface area (TPSA) is 58.4 Å². The van der Waals surface area contributed by atoms with E-state index in [1.807, 2.05) is 4.90 Å². The van der Waals surface area contributed by atoms with Gasteiger partial charge in [0.2, 0.25) is 0 Å². The Labute approximate surface area is 97.6 Å². The number of carbonyl (C=O) groups is 1. The third kappa shape index (κ3) is 3.11. The summed E-state index contributed by atoms with van der Waals surface area (Å²) in [6.45, 7) is 1.59. The number of rotatable bonds is 1. The predicted octanol–water partition coefficient (Wildman–Crippen LogP) is 1.45. The van der Waals surface area contributed by atoms with E-state index in [4.69, 9.17) is 5.73 Å². The summed E-state index contributed by atoms with van der Waals surface area (Å²) in [5, 5.41) is 3.14. The van der Waals surface area contributed by atoms with Crippen LogP contribution in [0.3, 0.4) is 0 Å². The van der Waals surface area contributed by atoms with Crippen LogP contribution in [0.2, 0.25) is 0 Å². The monoisotopic (exact) mass is 225 g/mol. The molecule has 0 radical (unpaired) electrons. The van der Waals surface area contributed by atoms with Crippen LogP contribution in [0.15, 0.2) is 0 Å². The Hall–Kier alpha value is -0.770. The summed E-state index contributed by atoms with van der Waals surface area (Å²) in [7, 11) is 0. The molecule has 0 bridgehead atoms. The van der Waals surface area contributed by atoms with Crippen molar-refractivity contribution in [3.05, 3.63) is 0 Å². The molecular formula is C12H23N3O. The first-order valence-electron chi connectivity index (χ1n) is 6.57. The minimum atomic E-state index is 0.0991. The van der Waals surface area contributed by atoms with E-state index in [-0.39, 0.29) is 12.1 Å². The van der Waals surface area contributed by atoms with Crippen molar-refractivity contribution in [2.24, 2.45) is 5.73 Å². The standard InChI is InChI=1S/C12H23N3O/c13-10-5-4-8-15(9-10)12(16)14-11-6-2-1-3-7-11/h10-11H,1-9,13H2,(H,14,16). The molecule has 4 nitrogen and oxygen atoms in total. The Kier molecular flexibility index (Phi) is 4.04. The number of urea groups is 1. The number of carbonyl (C=O) groups excluding carboxylic acids is 1. The third-order valence-electron chi connectivity index (χ3n) is 3.68. The number of hydrogen-bond acceptors (Lipinski definition) is 2. The predicted molar refractivity (Wildman–Crippen MR) is 64.2 cm³/mol. The Morgan fingerprint density at radius 3 is 2.56 bits per heavy atom. The maximum Gasteiger partial charge on any atom is 0.317 e. The van der Waals surface area contributed by atoms with Gasteiger partial charge in [-0.05, 0) is 25.7 Å². The Balaban J connectivity index is 1.77. The normalized spacial score (nSPS) is 27.8. The van der Waals surface area contributed by atoms with Crippen LogP contribution in [0.25, 0.3) is 0 Å². The summed E-state index contributed by atoms with van der Waals surface area (Å²) in [6.07, 6.45) is 8.21. The molecule has 1 heterocycles. The van der Waals surface area contributed by atoms with E-state index < -0.39 is 0 Å². The lowest BCUT2D eigenvalue weighted by molar-refractivity contribution is 0.173. The highest BCUT2D eigenvalue weighted by molar-refractivity contribution is 5.74. The second-order valence-corrected chi connectivity index (χ2v) is 5.13. The van der Waals surface area contributed by atoms with Crippen molar-refractivity contribution in [1.29, 1.82) is 0 Å². The molecule has 0 aromatic rings. The molecule has 2 aliphatic rings. The van der Waals surface area contributed by atoms with E-state index in [0.717, 1.165) is 38.8 Å². The highest BCUT2D eigenvalue weighted by atomic mass is 16.2. The van der Waals surface area contributed by atoms with Crippen LogP contribution in [0.5, 0.6) is 0 Å². The van der Waals surface area contributed by atoms with Gasteiger partial charge in [-0.1, -0.05) is 19.3 Å². The molecule has 2 amide bonds. The van der Waals surface area contributed by atoms with Gasteiger partial charge in [0.25, 0.3) is 0 Å². The quantitative estimate of drug-likeness (QED) is 0.709. The molecule has 0 spiro atoms. The lowest BCUT2D eigenvalue weighted by atomic mass is 9.95. The summed E-state index contributed by atoms with van der Waals surface area (Å²) in [5.74, 6) is 0. The molecule has 0 aromatic carbocycles. The smallest absolute Gasteiger partial charge is 0.317 e. The van der Waals surface area contributed by atoms with Gasteiger partial charge >= 0.3 is 6.03 Å². The Morgan fingerprint density at radius 1 is 1.12 bits per heavy atom. The molecule has 92 valence electrons. The van der Waals surface area contributed by atoms with E-state index in [1.165, 1.54) is 19.3 Å². The zero-order valence-electron chi connectivity index (χ0n) is 9.95. The molecule has 0 aromatic heterocycles. The van der Waals surface area contributed by atoms with Crippen LogP contribution in [-0.2, 0) is 0 Å². The third-order valence-corrected chi connectivity index (χ3v) is 3.68. The number of amides is 2. The van der Waals surface area contributed by atoms with Gasteiger partial charge in [-0.15, -0.1) is 0 Å². The van der Waals surface area contributed by atoms with Crippen LogP contribution in [0, 0.1) is 0 Å². The van der Waals surface area contributed by atoms with Gasteiger partial charge in [0.05, 0.1) is 0 Å². The lowest BCUT2D eigenvalue weighted by Gasteiger charge is -2.33. The molecule has 1 atom stereocenters. The SMILES string of the molecule is NC1CCCN(C(=O)NC2CCCCC2)C1. The number of nitrogens with one attached hydrogen (secondary N) is 1. The van der Waals surface area contributed by atoms with Crippen LogP contribution >= 0.6 is 0 Å². The second-order valence-electron chi connectivity index (χ2n) is 5.13. The van der Waals surface area contributed by atoms with Gasteiger partial charge in [0.15, 0.2) is 0 Å². The van der Waals surface area contributed by atoms with Crippen LogP contribution in [0.1, 0.15) is 44.9 Å². The fourth-order valence-corrected chi connectivity index (χ4v) is 2.71. The molecule has 1 saturated carbocycles. The number of nitrogens with zero attached hydrogens (tertiary/aromatic N) is 1. The van der Waals surface area contributed by atoms with Crippen molar-refractivity contribution < 1.29 is 4.79 Å². The van der Waals surface area contributed by atoms with Gasteiger partial charge < -0.3 is 16.0 Å². The maximum atomic E-state index is 12.0. The average molecular weight is 225 g/mol. The van der Waals surface area contributed by atoms with E-state index in [1.54, 1.807) is 0 Å². The van der Waals surface area contributed by atoms with Gasteiger partial charge in [0.1, 0.15) is 0 Å². The minimum absolute atomic E-state index is 0.0991. The van der Waals surface area contributed by atoms with Crippen LogP contribution in [0.4, 0.5) is 4.79 Å². The zero-order chi connectivity index (χ0) is 11.4. The molecule has 2 fully saturated rings. The van der Waals surface area contributed by atoms with Gasteiger partial charge in [0, 0.05) is 25.2 Å². The van der Waals surface area contributed by atoms with E-state index in [2.05, 4.69) is 5.32 Å². The van der Waals surface area contributed by atoms with E-state index in [0.29, 0.717) is 6.04 Å². The first-order valence-corrected chi connectivity index (χ1v) is 6.57. The van der Waals surface area contributed by atoms with Crippen molar-refractivity contribution in [1.82, 2.24) is 10.2 Å².